The summed E-state index contributed by atoms with van der Waals surface area (Å²) in [6.45, 7) is 0.613. The second-order valence-electron chi connectivity index (χ2n) is 3.75. The summed E-state index contributed by atoms with van der Waals surface area (Å²) >= 11 is 0. The Bertz CT molecular complexity index is 266. The fourth-order valence-corrected chi connectivity index (χ4v) is 1.89. The van der Waals surface area contributed by atoms with Crippen molar-refractivity contribution in [2.45, 2.75) is 31.2 Å². The molecule has 1 aliphatic heterocycles. The molecule has 2 atom stereocenters. The summed E-state index contributed by atoms with van der Waals surface area (Å²) in [6.07, 6.45) is -2.62. The lowest BCUT2D eigenvalue weighted by Crippen LogP contribution is -2.44. The topological polar surface area (TPSA) is 38.3 Å². The van der Waals surface area contributed by atoms with Crippen molar-refractivity contribution in [1.29, 1.82) is 0 Å². The van der Waals surface area contributed by atoms with Crippen molar-refractivity contribution in [2.24, 2.45) is 5.92 Å². The van der Waals surface area contributed by atoms with Gasteiger partial charge in [0, 0.05) is 12.3 Å². The molecule has 2 rings (SSSR count). The highest BCUT2D eigenvalue weighted by molar-refractivity contribution is 5.76. The second kappa shape index (κ2) is 2.85. The Morgan fingerprint density at radius 3 is 2.79 bits per heavy atom. The van der Waals surface area contributed by atoms with Crippen molar-refractivity contribution in [3.05, 3.63) is 0 Å². The van der Waals surface area contributed by atoms with Gasteiger partial charge in [-0.3, -0.25) is 5.32 Å². The van der Waals surface area contributed by atoms with Gasteiger partial charge in [0.15, 0.2) is 5.72 Å². The molecule has 1 saturated carbocycles. The maximum Gasteiger partial charge on any atom is 0.490 e. The van der Waals surface area contributed by atoms with Gasteiger partial charge in [-0.15, -0.1) is 0 Å². The zero-order chi connectivity index (χ0) is 10.4. The molecule has 1 saturated heterocycles. The Balaban J connectivity index is 1.95. The predicted molar refractivity (Wildman–Crippen MR) is 40.2 cm³/mol. The van der Waals surface area contributed by atoms with E-state index in [0.717, 1.165) is 12.8 Å². The molecule has 2 aliphatic rings. The molecule has 0 aromatic carbocycles. The van der Waals surface area contributed by atoms with E-state index in [4.69, 9.17) is 0 Å². The molecule has 2 unspecified atom stereocenters. The maximum absolute atomic E-state index is 11.9. The van der Waals surface area contributed by atoms with Crippen molar-refractivity contribution >= 4 is 5.97 Å². The summed E-state index contributed by atoms with van der Waals surface area (Å²) in [5.41, 5.74) is -0.995. The summed E-state index contributed by atoms with van der Waals surface area (Å²) in [5, 5.41) is 2.83. The van der Waals surface area contributed by atoms with Crippen LogP contribution in [0.25, 0.3) is 0 Å². The molecular weight excluding hydrogens is 199 g/mol. The normalized spacial score (nSPS) is 36.1. The predicted octanol–water partition coefficient (Wildman–Crippen LogP) is 1.19. The summed E-state index contributed by atoms with van der Waals surface area (Å²) in [7, 11) is 0. The van der Waals surface area contributed by atoms with Crippen molar-refractivity contribution in [1.82, 2.24) is 5.32 Å². The Labute approximate surface area is 78.6 Å². The van der Waals surface area contributed by atoms with Crippen LogP contribution in [0, 0.1) is 5.92 Å². The molecule has 0 radical (unpaired) electrons. The average Bonchev–Trinajstić information content (AvgIpc) is 2.76. The van der Waals surface area contributed by atoms with E-state index in [0.29, 0.717) is 13.0 Å². The number of fused-ring (bicyclic) bond motifs is 1. The van der Waals surface area contributed by atoms with Crippen LogP contribution in [-0.2, 0) is 9.53 Å². The molecule has 0 spiro atoms. The number of hydrogen-bond donors (Lipinski definition) is 1. The number of alkyl halides is 3. The number of piperidine rings is 1. The smallest absolute Gasteiger partial charge is 0.437 e. The minimum absolute atomic E-state index is 0.0718. The highest BCUT2D eigenvalue weighted by atomic mass is 19.4. The first-order chi connectivity index (χ1) is 6.44. The molecule has 6 heteroatoms. The van der Waals surface area contributed by atoms with Crippen LogP contribution in [0.1, 0.15) is 19.3 Å². The van der Waals surface area contributed by atoms with E-state index >= 15 is 0 Å². The van der Waals surface area contributed by atoms with E-state index in [1.807, 2.05) is 0 Å². The lowest BCUT2D eigenvalue weighted by atomic mass is 10.1. The molecule has 14 heavy (non-hydrogen) atoms. The number of carbonyl (C=O) groups excluding carboxylic acids is 1. The highest BCUT2D eigenvalue weighted by Gasteiger charge is 2.61. The van der Waals surface area contributed by atoms with Gasteiger partial charge in [0.05, 0.1) is 0 Å². The van der Waals surface area contributed by atoms with Crippen molar-refractivity contribution in [2.75, 3.05) is 6.54 Å². The van der Waals surface area contributed by atoms with Crippen LogP contribution >= 0.6 is 0 Å². The summed E-state index contributed by atoms with van der Waals surface area (Å²) in [5.74, 6) is -2.02. The van der Waals surface area contributed by atoms with Gasteiger partial charge in [-0.25, -0.2) is 4.79 Å². The third kappa shape index (κ3) is 1.58. The largest absolute Gasteiger partial charge is 0.490 e. The van der Waals surface area contributed by atoms with Crippen LogP contribution in [-0.4, -0.2) is 24.4 Å². The van der Waals surface area contributed by atoms with Gasteiger partial charge in [-0.1, -0.05) is 0 Å². The van der Waals surface area contributed by atoms with E-state index in [1.165, 1.54) is 0 Å². The summed E-state index contributed by atoms with van der Waals surface area (Å²) < 4.78 is 40.1. The van der Waals surface area contributed by atoms with Gasteiger partial charge in [0.2, 0.25) is 0 Å². The van der Waals surface area contributed by atoms with Gasteiger partial charge in [-0.2, -0.15) is 13.2 Å². The molecule has 2 fully saturated rings. The molecular formula is C8H10F3NO2. The van der Waals surface area contributed by atoms with Crippen molar-refractivity contribution in [3.63, 3.8) is 0 Å². The molecule has 0 bridgehead atoms. The molecule has 1 aliphatic carbocycles. The lowest BCUT2D eigenvalue weighted by molar-refractivity contribution is -0.210. The van der Waals surface area contributed by atoms with Gasteiger partial charge in [0.25, 0.3) is 0 Å². The SMILES string of the molecule is O=C(OC12CC1CCCN2)C(F)(F)F. The quantitative estimate of drug-likeness (QED) is 0.659. The van der Waals surface area contributed by atoms with E-state index in [2.05, 4.69) is 10.1 Å². The monoisotopic (exact) mass is 209 g/mol. The van der Waals surface area contributed by atoms with Crippen LogP contribution in [0.5, 0.6) is 0 Å². The number of nitrogens with one attached hydrogen (secondary N) is 1. The van der Waals surface area contributed by atoms with Crippen LogP contribution in [0.4, 0.5) is 13.2 Å². The fraction of sp³-hybridized carbons (Fsp3) is 0.875. The van der Waals surface area contributed by atoms with E-state index in [9.17, 15) is 18.0 Å². The standard InChI is InChI=1S/C8H10F3NO2/c9-8(10,11)6(13)14-7-4-5(7)2-1-3-12-7/h5,12H,1-4H2. The summed E-state index contributed by atoms with van der Waals surface area (Å²) in [6, 6.07) is 0. The van der Waals surface area contributed by atoms with Crippen LogP contribution < -0.4 is 5.32 Å². The van der Waals surface area contributed by atoms with E-state index in [1.54, 1.807) is 0 Å². The summed E-state index contributed by atoms with van der Waals surface area (Å²) in [4.78, 5) is 10.6. The van der Waals surface area contributed by atoms with Crippen molar-refractivity contribution in [3.8, 4) is 0 Å². The number of rotatable bonds is 1. The molecule has 0 aromatic rings. The average molecular weight is 209 g/mol. The zero-order valence-electron chi connectivity index (χ0n) is 7.36. The second-order valence-corrected chi connectivity index (χ2v) is 3.75. The van der Waals surface area contributed by atoms with Gasteiger partial charge in [0.1, 0.15) is 0 Å². The van der Waals surface area contributed by atoms with Gasteiger partial charge in [-0.05, 0) is 19.4 Å². The molecule has 1 heterocycles. The van der Waals surface area contributed by atoms with Crippen molar-refractivity contribution < 1.29 is 22.7 Å². The van der Waals surface area contributed by atoms with E-state index in [-0.39, 0.29) is 5.92 Å². The Morgan fingerprint density at radius 2 is 2.21 bits per heavy atom. The number of carbonyl (C=O) groups is 1. The van der Waals surface area contributed by atoms with E-state index < -0.39 is 17.9 Å². The Morgan fingerprint density at radius 1 is 1.50 bits per heavy atom. The number of halogens is 3. The maximum atomic E-state index is 11.9. The molecule has 80 valence electrons. The fourth-order valence-electron chi connectivity index (χ4n) is 1.89. The first-order valence-corrected chi connectivity index (χ1v) is 4.49. The third-order valence-electron chi connectivity index (χ3n) is 2.71. The minimum atomic E-state index is -4.89. The Kier molecular flexibility index (Phi) is 1.99. The minimum Gasteiger partial charge on any atom is -0.437 e. The first-order valence-electron chi connectivity index (χ1n) is 4.49. The molecule has 0 aromatic heterocycles. The van der Waals surface area contributed by atoms with Crippen LogP contribution in [0.2, 0.25) is 0 Å². The van der Waals surface area contributed by atoms with Gasteiger partial charge >= 0.3 is 12.1 Å². The lowest BCUT2D eigenvalue weighted by Gasteiger charge is -2.24. The molecule has 3 nitrogen and oxygen atoms in total. The zero-order valence-corrected chi connectivity index (χ0v) is 7.36. The Hall–Kier alpha value is -0.780. The van der Waals surface area contributed by atoms with Crippen LogP contribution in [0.15, 0.2) is 0 Å². The number of ether oxygens (including phenoxy) is 1. The highest BCUT2D eigenvalue weighted by Crippen LogP contribution is 2.50. The van der Waals surface area contributed by atoms with Crippen LogP contribution in [0.3, 0.4) is 0 Å². The first kappa shape index (κ1) is 9.76. The van der Waals surface area contributed by atoms with Gasteiger partial charge < -0.3 is 4.74 Å². The molecule has 0 amide bonds. The third-order valence-corrected chi connectivity index (χ3v) is 2.71. The number of esters is 1. The molecule has 1 N–H and O–H groups in total. The number of hydrogen-bond acceptors (Lipinski definition) is 3.